The fourth-order valence-electron chi connectivity index (χ4n) is 4.30. The maximum atomic E-state index is 12.4. The number of hydrogen-bond donors (Lipinski definition) is 0. The van der Waals surface area contributed by atoms with E-state index in [-0.39, 0.29) is 5.56 Å². The Morgan fingerprint density at radius 1 is 1.07 bits per heavy atom. The lowest BCUT2D eigenvalue weighted by Crippen LogP contribution is -2.47. The normalized spacial score (nSPS) is 15.3. The molecule has 0 amide bonds. The highest BCUT2D eigenvalue weighted by atomic mass is 35.5. The Bertz CT molecular complexity index is 1270. The second kappa shape index (κ2) is 8.02. The first kappa shape index (κ1) is 19.5. The molecule has 5 nitrogen and oxygen atoms in total. The van der Waals surface area contributed by atoms with Gasteiger partial charge in [0, 0.05) is 72.5 Å². The molecule has 1 fully saturated rings. The molecule has 3 aromatic heterocycles. The number of halogens is 1. The lowest BCUT2D eigenvalue weighted by atomic mass is 10.1. The SMILES string of the molecule is Cn1c(=O)cc(CCN2CCN(c3nccc4sccc34)CC2)c2cc(Cl)ccc21. The summed E-state index contributed by atoms with van der Waals surface area (Å²) >= 11 is 7.99. The highest BCUT2D eigenvalue weighted by Gasteiger charge is 2.20. The van der Waals surface area contributed by atoms with E-state index in [0.717, 1.165) is 61.4 Å². The van der Waals surface area contributed by atoms with Crippen molar-refractivity contribution >= 4 is 49.7 Å². The minimum absolute atomic E-state index is 0.0274. The number of nitrogens with zero attached hydrogens (tertiary/aromatic N) is 4. The Morgan fingerprint density at radius 2 is 1.90 bits per heavy atom. The zero-order valence-corrected chi connectivity index (χ0v) is 18.4. The molecule has 0 N–H and O–H groups in total. The third-order valence-electron chi connectivity index (χ3n) is 6.02. The van der Waals surface area contributed by atoms with E-state index in [9.17, 15) is 4.79 Å². The molecule has 1 aliphatic rings. The van der Waals surface area contributed by atoms with Gasteiger partial charge in [-0.3, -0.25) is 9.69 Å². The summed E-state index contributed by atoms with van der Waals surface area (Å²) in [5.74, 6) is 1.10. The summed E-state index contributed by atoms with van der Waals surface area (Å²) < 4.78 is 2.98. The van der Waals surface area contributed by atoms with Crippen LogP contribution in [-0.4, -0.2) is 47.2 Å². The summed E-state index contributed by atoms with van der Waals surface area (Å²) in [6.45, 7) is 4.84. The molecular formula is C23H23ClN4OS. The van der Waals surface area contributed by atoms with Crippen molar-refractivity contribution in [2.24, 2.45) is 7.05 Å². The van der Waals surface area contributed by atoms with Gasteiger partial charge in [-0.1, -0.05) is 11.6 Å². The summed E-state index contributed by atoms with van der Waals surface area (Å²) in [4.78, 5) is 21.9. The monoisotopic (exact) mass is 438 g/mol. The van der Waals surface area contributed by atoms with E-state index in [2.05, 4.69) is 32.3 Å². The maximum absolute atomic E-state index is 12.4. The number of fused-ring (bicyclic) bond motifs is 2. The predicted octanol–water partition coefficient (Wildman–Crippen LogP) is 4.17. The Balaban J connectivity index is 1.29. The van der Waals surface area contributed by atoms with E-state index in [4.69, 9.17) is 11.6 Å². The first-order valence-corrected chi connectivity index (χ1v) is 11.4. The molecule has 30 heavy (non-hydrogen) atoms. The quantitative estimate of drug-likeness (QED) is 0.479. The molecule has 4 aromatic rings. The van der Waals surface area contributed by atoms with Crippen LogP contribution in [0.1, 0.15) is 5.56 Å². The molecule has 1 aromatic carbocycles. The minimum Gasteiger partial charge on any atom is -0.354 e. The average molecular weight is 439 g/mol. The lowest BCUT2D eigenvalue weighted by Gasteiger charge is -2.35. The number of aromatic nitrogens is 2. The largest absolute Gasteiger partial charge is 0.354 e. The van der Waals surface area contributed by atoms with Crippen molar-refractivity contribution in [3.8, 4) is 0 Å². The zero-order chi connectivity index (χ0) is 20.7. The molecule has 0 spiro atoms. The van der Waals surface area contributed by atoms with Crippen LogP contribution >= 0.6 is 22.9 Å². The van der Waals surface area contributed by atoms with Gasteiger partial charge in [0.25, 0.3) is 5.56 Å². The molecule has 0 unspecified atom stereocenters. The molecule has 0 bridgehead atoms. The Kier molecular flexibility index (Phi) is 5.23. The first-order chi connectivity index (χ1) is 14.6. The first-order valence-electron chi connectivity index (χ1n) is 10.2. The molecule has 0 saturated carbocycles. The van der Waals surface area contributed by atoms with Crippen LogP contribution < -0.4 is 10.5 Å². The van der Waals surface area contributed by atoms with Gasteiger partial charge in [-0.05, 0) is 47.7 Å². The van der Waals surface area contributed by atoms with Crippen molar-refractivity contribution in [1.82, 2.24) is 14.5 Å². The maximum Gasteiger partial charge on any atom is 0.251 e. The molecule has 1 aliphatic heterocycles. The van der Waals surface area contributed by atoms with E-state index in [0.29, 0.717) is 5.02 Å². The summed E-state index contributed by atoms with van der Waals surface area (Å²) in [7, 11) is 1.81. The van der Waals surface area contributed by atoms with Crippen molar-refractivity contribution in [2.45, 2.75) is 6.42 Å². The Labute approximate surface area is 184 Å². The van der Waals surface area contributed by atoms with Crippen molar-refractivity contribution in [3.05, 3.63) is 68.9 Å². The van der Waals surface area contributed by atoms with Crippen LogP contribution in [0.3, 0.4) is 0 Å². The molecule has 4 heterocycles. The van der Waals surface area contributed by atoms with Gasteiger partial charge in [0.2, 0.25) is 0 Å². The molecular weight excluding hydrogens is 416 g/mol. The number of hydrogen-bond acceptors (Lipinski definition) is 5. The number of pyridine rings is 2. The molecule has 0 aliphatic carbocycles. The fraction of sp³-hybridized carbons (Fsp3) is 0.304. The van der Waals surface area contributed by atoms with Crippen molar-refractivity contribution in [1.29, 1.82) is 0 Å². The molecule has 0 radical (unpaired) electrons. The smallest absolute Gasteiger partial charge is 0.251 e. The van der Waals surface area contributed by atoms with Crippen LogP contribution in [0.2, 0.25) is 5.02 Å². The predicted molar refractivity (Wildman–Crippen MR) is 126 cm³/mol. The van der Waals surface area contributed by atoms with Gasteiger partial charge in [-0.25, -0.2) is 4.98 Å². The number of thiophene rings is 1. The highest BCUT2D eigenvalue weighted by molar-refractivity contribution is 7.17. The van der Waals surface area contributed by atoms with Gasteiger partial charge in [0.1, 0.15) is 5.82 Å². The Hall–Kier alpha value is -2.41. The second-order valence-corrected chi connectivity index (χ2v) is 9.16. The summed E-state index contributed by atoms with van der Waals surface area (Å²) in [5.41, 5.74) is 2.03. The van der Waals surface area contributed by atoms with Crippen molar-refractivity contribution in [3.63, 3.8) is 0 Å². The number of aryl methyl sites for hydroxylation is 1. The van der Waals surface area contributed by atoms with Crippen LogP contribution in [-0.2, 0) is 13.5 Å². The Morgan fingerprint density at radius 3 is 2.73 bits per heavy atom. The van der Waals surface area contributed by atoms with Crippen LogP contribution in [0.5, 0.6) is 0 Å². The van der Waals surface area contributed by atoms with Gasteiger partial charge in [0.15, 0.2) is 0 Å². The van der Waals surface area contributed by atoms with E-state index in [1.165, 1.54) is 10.1 Å². The molecule has 5 rings (SSSR count). The standard InChI is InChI=1S/C23H23ClN4OS/c1-26-20-3-2-17(24)15-19(20)16(14-22(26)29)5-8-27-9-11-28(12-10-27)23-18-6-13-30-21(18)4-7-25-23/h2-4,6-7,13-15H,5,8-12H2,1H3. The third-order valence-corrected chi connectivity index (χ3v) is 7.14. The van der Waals surface area contributed by atoms with Gasteiger partial charge in [-0.2, -0.15) is 0 Å². The number of piperazine rings is 1. The molecule has 0 atom stereocenters. The molecule has 154 valence electrons. The van der Waals surface area contributed by atoms with Crippen LogP contribution in [0.4, 0.5) is 5.82 Å². The summed E-state index contributed by atoms with van der Waals surface area (Å²) in [5, 5.41) is 5.15. The number of rotatable bonds is 4. The lowest BCUT2D eigenvalue weighted by molar-refractivity contribution is 0.261. The van der Waals surface area contributed by atoms with Gasteiger partial charge in [0.05, 0.1) is 5.52 Å². The summed E-state index contributed by atoms with van der Waals surface area (Å²) in [6.07, 6.45) is 2.75. The minimum atomic E-state index is 0.0274. The van der Waals surface area contributed by atoms with E-state index in [1.807, 2.05) is 31.4 Å². The fourth-order valence-corrected chi connectivity index (χ4v) is 5.25. The third kappa shape index (κ3) is 3.60. The van der Waals surface area contributed by atoms with Crippen LogP contribution in [0, 0.1) is 0 Å². The van der Waals surface area contributed by atoms with Crippen LogP contribution in [0.25, 0.3) is 21.0 Å². The molecule has 7 heteroatoms. The van der Waals surface area contributed by atoms with E-state index in [1.54, 1.807) is 22.0 Å². The van der Waals surface area contributed by atoms with Gasteiger partial charge >= 0.3 is 0 Å². The summed E-state index contributed by atoms with van der Waals surface area (Å²) in [6, 6.07) is 11.8. The van der Waals surface area contributed by atoms with Crippen molar-refractivity contribution < 1.29 is 0 Å². The molecule has 1 saturated heterocycles. The van der Waals surface area contributed by atoms with Gasteiger partial charge in [-0.15, -0.1) is 11.3 Å². The zero-order valence-electron chi connectivity index (χ0n) is 16.8. The highest BCUT2D eigenvalue weighted by Crippen LogP contribution is 2.29. The second-order valence-electron chi connectivity index (χ2n) is 7.77. The van der Waals surface area contributed by atoms with Crippen LogP contribution in [0.15, 0.2) is 52.8 Å². The van der Waals surface area contributed by atoms with E-state index >= 15 is 0 Å². The topological polar surface area (TPSA) is 41.4 Å². The number of anilines is 1. The van der Waals surface area contributed by atoms with Gasteiger partial charge < -0.3 is 9.47 Å². The average Bonchev–Trinajstić information content (AvgIpc) is 3.25. The number of benzene rings is 1. The van der Waals surface area contributed by atoms with E-state index < -0.39 is 0 Å². The van der Waals surface area contributed by atoms with Crippen molar-refractivity contribution in [2.75, 3.05) is 37.6 Å².